The summed E-state index contributed by atoms with van der Waals surface area (Å²) in [5.74, 6) is -0.140. The molecule has 1 aromatic rings. The molecule has 1 atom stereocenters. The first-order valence-electron chi connectivity index (χ1n) is 5.59. The first kappa shape index (κ1) is 13.0. The van der Waals surface area contributed by atoms with Gasteiger partial charge in [0.1, 0.15) is 0 Å². The first-order chi connectivity index (χ1) is 8.51. The summed E-state index contributed by atoms with van der Waals surface area (Å²) in [6.07, 6.45) is 0.176. The molecule has 0 saturated carbocycles. The van der Waals surface area contributed by atoms with Gasteiger partial charge in [0.2, 0.25) is 15.9 Å². The molecule has 1 fully saturated rings. The fourth-order valence-corrected chi connectivity index (χ4v) is 3.12. The number of amides is 1. The third kappa shape index (κ3) is 2.87. The molecule has 6 nitrogen and oxygen atoms in total. The summed E-state index contributed by atoms with van der Waals surface area (Å²) in [7, 11) is -3.60. The lowest BCUT2D eigenvalue weighted by molar-refractivity contribution is -0.119. The Hall–Kier alpha value is -1.44. The molecule has 7 heteroatoms. The molecule has 18 heavy (non-hydrogen) atoms. The lowest BCUT2D eigenvalue weighted by Crippen LogP contribution is -2.36. The number of nitrogens with one attached hydrogen (secondary N) is 2. The van der Waals surface area contributed by atoms with Crippen molar-refractivity contribution in [2.24, 2.45) is 5.73 Å². The largest absolute Gasteiger partial charge is 0.354 e. The molecule has 0 bridgehead atoms. The van der Waals surface area contributed by atoms with E-state index in [0.717, 1.165) is 5.56 Å². The van der Waals surface area contributed by atoms with E-state index in [-0.39, 0.29) is 29.8 Å². The zero-order valence-electron chi connectivity index (χ0n) is 9.72. The Bertz CT molecular complexity index is 556. The topological polar surface area (TPSA) is 101 Å². The molecule has 0 aromatic heterocycles. The molecule has 2 rings (SSSR count). The van der Waals surface area contributed by atoms with Crippen LogP contribution in [0.4, 0.5) is 0 Å². The maximum atomic E-state index is 12.1. The van der Waals surface area contributed by atoms with Crippen molar-refractivity contribution in [3.05, 3.63) is 29.8 Å². The molecule has 1 heterocycles. The number of benzene rings is 1. The zero-order valence-corrected chi connectivity index (χ0v) is 10.5. The summed E-state index contributed by atoms with van der Waals surface area (Å²) < 4.78 is 26.6. The van der Waals surface area contributed by atoms with E-state index in [1.54, 1.807) is 12.1 Å². The SMILES string of the molecule is NCc1cccc(S(=O)(=O)NC2CNC(=O)C2)c1. The van der Waals surface area contributed by atoms with Crippen LogP contribution in [0.25, 0.3) is 0 Å². The minimum Gasteiger partial charge on any atom is -0.354 e. The third-order valence-electron chi connectivity index (χ3n) is 2.74. The van der Waals surface area contributed by atoms with Crippen molar-refractivity contribution >= 4 is 15.9 Å². The van der Waals surface area contributed by atoms with Gasteiger partial charge in [-0.25, -0.2) is 13.1 Å². The second-order valence-corrected chi connectivity index (χ2v) is 5.89. The van der Waals surface area contributed by atoms with Crippen LogP contribution in [-0.2, 0) is 21.4 Å². The highest BCUT2D eigenvalue weighted by Crippen LogP contribution is 2.13. The smallest absolute Gasteiger partial charge is 0.240 e. The quantitative estimate of drug-likeness (QED) is 0.673. The van der Waals surface area contributed by atoms with E-state index in [9.17, 15) is 13.2 Å². The van der Waals surface area contributed by atoms with Crippen LogP contribution >= 0.6 is 0 Å². The molecule has 0 spiro atoms. The minimum atomic E-state index is -3.60. The van der Waals surface area contributed by atoms with Crippen molar-refractivity contribution < 1.29 is 13.2 Å². The van der Waals surface area contributed by atoms with Crippen LogP contribution in [0.15, 0.2) is 29.2 Å². The Morgan fingerprint density at radius 2 is 2.22 bits per heavy atom. The summed E-state index contributed by atoms with van der Waals surface area (Å²) in [5.41, 5.74) is 6.22. The van der Waals surface area contributed by atoms with Gasteiger partial charge in [-0.05, 0) is 17.7 Å². The maximum Gasteiger partial charge on any atom is 0.240 e. The van der Waals surface area contributed by atoms with Gasteiger partial charge >= 0.3 is 0 Å². The second-order valence-electron chi connectivity index (χ2n) is 4.18. The molecule has 1 amide bonds. The van der Waals surface area contributed by atoms with Gasteiger partial charge in [0, 0.05) is 25.6 Å². The van der Waals surface area contributed by atoms with E-state index in [2.05, 4.69) is 10.0 Å². The molecule has 0 radical (unpaired) electrons. The van der Waals surface area contributed by atoms with E-state index < -0.39 is 10.0 Å². The predicted molar refractivity (Wildman–Crippen MR) is 66.1 cm³/mol. The van der Waals surface area contributed by atoms with E-state index in [1.807, 2.05) is 0 Å². The van der Waals surface area contributed by atoms with E-state index in [0.29, 0.717) is 6.54 Å². The first-order valence-corrected chi connectivity index (χ1v) is 7.07. The number of sulfonamides is 1. The summed E-state index contributed by atoms with van der Waals surface area (Å²) in [4.78, 5) is 11.2. The third-order valence-corrected chi connectivity index (χ3v) is 4.26. The monoisotopic (exact) mass is 269 g/mol. The van der Waals surface area contributed by atoms with E-state index in [4.69, 9.17) is 5.73 Å². The maximum absolute atomic E-state index is 12.1. The van der Waals surface area contributed by atoms with Gasteiger partial charge in [-0.15, -0.1) is 0 Å². The highest BCUT2D eigenvalue weighted by Gasteiger charge is 2.26. The van der Waals surface area contributed by atoms with Crippen LogP contribution in [-0.4, -0.2) is 26.9 Å². The molecule has 4 N–H and O–H groups in total. The minimum absolute atomic E-state index is 0.140. The average Bonchev–Trinajstić information content (AvgIpc) is 2.74. The normalized spacial score (nSPS) is 19.8. The van der Waals surface area contributed by atoms with Crippen molar-refractivity contribution in [2.75, 3.05) is 6.54 Å². The Kier molecular flexibility index (Phi) is 3.65. The second kappa shape index (κ2) is 5.05. The molecular formula is C11H15N3O3S. The van der Waals surface area contributed by atoms with Crippen LogP contribution in [0.2, 0.25) is 0 Å². The summed E-state index contributed by atoms with van der Waals surface area (Å²) >= 11 is 0. The molecule has 1 aliphatic heterocycles. The number of carbonyl (C=O) groups excluding carboxylic acids is 1. The molecule has 0 aliphatic carbocycles. The zero-order chi connectivity index (χ0) is 13.2. The molecular weight excluding hydrogens is 254 g/mol. The fourth-order valence-electron chi connectivity index (χ4n) is 1.82. The number of rotatable bonds is 4. The van der Waals surface area contributed by atoms with Gasteiger partial charge in [0.15, 0.2) is 0 Å². The Balaban J connectivity index is 2.17. The number of hydrogen-bond donors (Lipinski definition) is 3. The number of hydrogen-bond acceptors (Lipinski definition) is 4. The van der Waals surface area contributed by atoms with Crippen LogP contribution in [0, 0.1) is 0 Å². The summed E-state index contributed by atoms with van der Waals surface area (Å²) in [6.45, 7) is 0.613. The van der Waals surface area contributed by atoms with Gasteiger partial charge in [0.25, 0.3) is 0 Å². The van der Waals surface area contributed by atoms with Crippen LogP contribution in [0.1, 0.15) is 12.0 Å². The van der Waals surface area contributed by atoms with Crippen LogP contribution in [0.5, 0.6) is 0 Å². The molecule has 1 aromatic carbocycles. The lowest BCUT2D eigenvalue weighted by atomic mass is 10.2. The van der Waals surface area contributed by atoms with Crippen molar-refractivity contribution in [3.8, 4) is 0 Å². The summed E-state index contributed by atoms with van der Waals surface area (Å²) in [6, 6.07) is 6.07. The van der Waals surface area contributed by atoms with Crippen molar-refractivity contribution in [3.63, 3.8) is 0 Å². The Morgan fingerprint density at radius 3 is 2.83 bits per heavy atom. The van der Waals surface area contributed by atoms with E-state index in [1.165, 1.54) is 12.1 Å². The number of nitrogens with two attached hydrogens (primary N) is 1. The average molecular weight is 269 g/mol. The Morgan fingerprint density at radius 1 is 1.44 bits per heavy atom. The number of carbonyl (C=O) groups is 1. The lowest BCUT2D eigenvalue weighted by Gasteiger charge is -2.11. The van der Waals surface area contributed by atoms with Crippen molar-refractivity contribution in [2.45, 2.75) is 23.9 Å². The van der Waals surface area contributed by atoms with Gasteiger partial charge in [-0.2, -0.15) is 0 Å². The molecule has 1 aliphatic rings. The van der Waals surface area contributed by atoms with Crippen molar-refractivity contribution in [1.29, 1.82) is 0 Å². The van der Waals surface area contributed by atoms with Gasteiger partial charge < -0.3 is 11.1 Å². The molecule has 1 unspecified atom stereocenters. The van der Waals surface area contributed by atoms with Gasteiger partial charge in [-0.3, -0.25) is 4.79 Å². The molecule has 1 saturated heterocycles. The van der Waals surface area contributed by atoms with Crippen molar-refractivity contribution in [1.82, 2.24) is 10.0 Å². The predicted octanol–water partition coefficient (Wildman–Crippen LogP) is -0.688. The van der Waals surface area contributed by atoms with Crippen LogP contribution < -0.4 is 15.8 Å². The van der Waals surface area contributed by atoms with E-state index >= 15 is 0 Å². The summed E-state index contributed by atoms with van der Waals surface area (Å²) in [5, 5.41) is 2.58. The Labute approximate surface area is 106 Å². The van der Waals surface area contributed by atoms with Gasteiger partial charge in [0.05, 0.1) is 4.90 Å². The van der Waals surface area contributed by atoms with Crippen LogP contribution in [0.3, 0.4) is 0 Å². The highest BCUT2D eigenvalue weighted by atomic mass is 32.2. The standard InChI is InChI=1S/C11H15N3O3S/c12-6-8-2-1-3-10(4-8)18(16,17)14-9-5-11(15)13-7-9/h1-4,9,14H,5-7,12H2,(H,13,15). The van der Waals surface area contributed by atoms with Gasteiger partial charge in [-0.1, -0.05) is 12.1 Å². The molecule has 98 valence electrons. The highest BCUT2D eigenvalue weighted by molar-refractivity contribution is 7.89. The fraction of sp³-hybridized carbons (Fsp3) is 0.364.